The highest BCUT2D eigenvalue weighted by molar-refractivity contribution is 7.17. The normalized spacial score (nSPS) is 17.8. The molecule has 0 saturated heterocycles. The molecule has 2 unspecified atom stereocenters. The van der Waals surface area contributed by atoms with Gasteiger partial charge in [0, 0.05) is 19.0 Å². The van der Waals surface area contributed by atoms with Crippen LogP contribution in [0.4, 0.5) is 8.78 Å². The molecule has 0 bridgehead atoms. The van der Waals surface area contributed by atoms with E-state index in [2.05, 4.69) is 5.10 Å². The van der Waals surface area contributed by atoms with Crippen LogP contribution < -0.4 is 0 Å². The van der Waals surface area contributed by atoms with Crippen molar-refractivity contribution < 1.29 is 18.7 Å². The Morgan fingerprint density at radius 3 is 2.56 bits per heavy atom. The Kier molecular flexibility index (Phi) is 4.74. The lowest BCUT2D eigenvalue weighted by Gasteiger charge is -2.37. The number of benzene rings is 2. The molecular weight excluding hydrogens is 431 g/mol. The average molecular weight is 457 g/mol. The van der Waals surface area contributed by atoms with E-state index < -0.39 is 11.3 Å². The Balaban J connectivity index is 1.61. The molecule has 2 aromatic carbocycles. The summed E-state index contributed by atoms with van der Waals surface area (Å²) >= 11 is 0. The van der Waals surface area contributed by atoms with Gasteiger partial charge < -0.3 is 10.0 Å². The molecule has 1 fully saturated rings. The molecule has 1 amide bonds. The van der Waals surface area contributed by atoms with Crippen LogP contribution in [0.15, 0.2) is 36.4 Å². The Morgan fingerprint density at radius 2 is 1.94 bits per heavy atom. The smallest absolute Gasteiger partial charge is 0.302 e. The molecule has 1 aliphatic carbocycles. The molecule has 8 heteroatoms. The third kappa shape index (κ3) is 3.43. The Hall–Kier alpha value is -2.37. The van der Waals surface area contributed by atoms with Crippen molar-refractivity contribution in [1.82, 2.24) is 14.7 Å². The van der Waals surface area contributed by atoms with Gasteiger partial charge in [0.25, 0.3) is 5.91 Å². The maximum atomic E-state index is 14.1. The molecule has 1 saturated carbocycles. The number of fused-ring (bicyclic) bond motifs is 2. The number of carbonyl (C=O) groups is 1. The van der Waals surface area contributed by atoms with Crippen LogP contribution in [0.25, 0.3) is 22.0 Å². The van der Waals surface area contributed by atoms with Crippen molar-refractivity contribution >= 4 is 26.0 Å². The van der Waals surface area contributed by atoms with Crippen molar-refractivity contribution in [1.29, 1.82) is 0 Å². The van der Waals surface area contributed by atoms with Gasteiger partial charge in [-0.3, -0.25) is 9.48 Å². The molecule has 2 heterocycles. The first-order valence-corrected chi connectivity index (χ1v) is 11.3. The van der Waals surface area contributed by atoms with Crippen molar-refractivity contribution in [2.45, 2.75) is 50.5 Å². The third-order valence-corrected chi connectivity index (χ3v) is 6.84. The maximum Gasteiger partial charge on any atom is 0.302 e. The predicted octanol–water partition coefficient (Wildman–Crippen LogP) is 4.67. The first-order valence-electron chi connectivity index (χ1n) is 10.8. The fourth-order valence-corrected chi connectivity index (χ4v) is 5.37. The average Bonchev–Trinajstić information content (AvgIpc) is 3.39. The summed E-state index contributed by atoms with van der Waals surface area (Å²) in [5, 5.41) is 15.2. The summed E-state index contributed by atoms with van der Waals surface area (Å²) in [7, 11) is 3.19. The van der Waals surface area contributed by atoms with E-state index in [0.717, 1.165) is 18.4 Å². The minimum atomic E-state index is -3.16. The first-order chi connectivity index (χ1) is 15.0. The second-order valence-electron chi connectivity index (χ2n) is 9.54. The van der Waals surface area contributed by atoms with Crippen LogP contribution in [-0.2, 0) is 19.3 Å². The van der Waals surface area contributed by atoms with Crippen LogP contribution in [0.3, 0.4) is 0 Å². The molecule has 2 atom stereocenters. The lowest BCUT2D eigenvalue weighted by atomic mass is 9.92. The van der Waals surface area contributed by atoms with Gasteiger partial charge in [-0.15, -0.1) is 0 Å². The van der Waals surface area contributed by atoms with Crippen LogP contribution in [0.2, 0.25) is 0 Å². The zero-order chi connectivity index (χ0) is 23.0. The Labute approximate surface area is 187 Å². The number of aliphatic hydroxyl groups is 1. The molecule has 5 rings (SSSR count). The predicted molar refractivity (Wildman–Crippen MR) is 122 cm³/mol. The molecule has 168 valence electrons. The maximum absolute atomic E-state index is 14.1. The second-order valence-corrected chi connectivity index (χ2v) is 10.3. The summed E-state index contributed by atoms with van der Waals surface area (Å²) in [5.41, 5.74) is -0.987. The lowest BCUT2D eigenvalue weighted by molar-refractivity contribution is -0.0224. The van der Waals surface area contributed by atoms with Crippen molar-refractivity contribution in [2.24, 2.45) is 13.0 Å². The number of carbonyl (C=O) groups excluding carboxylic acids is 1. The van der Waals surface area contributed by atoms with E-state index in [4.69, 9.17) is 0 Å². The summed E-state index contributed by atoms with van der Waals surface area (Å²) < 4.78 is 29.7. The molecule has 1 N–H and O–H groups in total. The number of rotatable bonds is 5. The van der Waals surface area contributed by atoms with E-state index >= 15 is 0 Å². The molecule has 2 aliphatic rings. The number of aromatic nitrogens is 2. The molecule has 0 radical (unpaired) electrons. The number of alkyl halides is 2. The van der Waals surface area contributed by atoms with Gasteiger partial charge in [0.2, 0.25) is 0 Å². The van der Waals surface area contributed by atoms with Crippen LogP contribution in [-0.4, -0.2) is 37.3 Å². The molecule has 1 aliphatic heterocycles. The van der Waals surface area contributed by atoms with Gasteiger partial charge in [-0.1, -0.05) is 33.5 Å². The van der Waals surface area contributed by atoms with Crippen LogP contribution >= 0.6 is 9.24 Å². The summed E-state index contributed by atoms with van der Waals surface area (Å²) in [6.45, 7) is 3.96. The minimum Gasteiger partial charge on any atom is -0.388 e. The van der Waals surface area contributed by atoms with E-state index in [1.165, 1.54) is 4.68 Å². The first kappa shape index (κ1) is 21.5. The quantitative estimate of drug-likeness (QED) is 0.567. The van der Waals surface area contributed by atoms with E-state index in [-0.39, 0.29) is 17.6 Å². The molecule has 0 spiro atoms. The van der Waals surface area contributed by atoms with Gasteiger partial charge >= 0.3 is 5.66 Å². The number of amides is 1. The highest BCUT2D eigenvalue weighted by atomic mass is 31.0. The van der Waals surface area contributed by atoms with E-state index in [1.54, 1.807) is 47.2 Å². The Bertz CT molecular complexity index is 1240. The number of nitrogens with zero attached hydrogens (tertiary/aromatic N) is 3. The zero-order valence-corrected chi connectivity index (χ0v) is 19.4. The van der Waals surface area contributed by atoms with Crippen LogP contribution in [0, 0.1) is 5.92 Å². The van der Waals surface area contributed by atoms with Gasteiger partial charge in [-0.25, -0.2) is 0 Å². The molecule has 32 heavy (non-hydrogen) atoms. The SMILES string of the molecule is Cn1nc(C(F)(F)P)c2cc(-c3cccc4c3C(=O)N(C(C3CC3)C(C)(C)O)C4)ccc21. The topological polar surface area (TPSA) is 58.4 Å². The lowest BCUT2D eigenvalue weighted by Crippen LogP contribution is -2.51. The number of hydrogen-bond donors (Lipinski definition) is 1. The molecule has 1 aromatic heterocycles. The van der Waals surface area contributed by atoms with Gasteiger partial charge in [0.1, 0.15) is 5.69 Å². The highest BCUT2D eigenvalue weighted by Gasteiger charge is 2.48. The largest absolute Gasteiger partial charge is 0.388 e. The standard InChI is InChI=1S/C24H26F2N3O2P/c1-23(2,31)21(13-7-8-13)29-12-15-5-4-6-16(19(15)22(29)30)14-9-10-18-17(11-14)20(24(25,26)32)27-28(18)3/h4-6,9-11,13,21,31H,7-8,12,32H2,1-3H3. The molecule has 5 nitrogen and oxygen atoms in total. The van der Waals surface area contributed by atoms with Gasteiger partial charge in [0.15, 0.2) is 0 Å². The summed E-state index contributed by atoms with van der Waals surface area (Å²) in [6, 6.07) is 10.7. The van der Waals surface area contributed by atoms with Crippen molar-refractivity contribution in [2.75, 3.05) is 0 Å². The number of aryl methyl sites for hydroxylation is 1. The van der Waals surface area contributed by atoms with Crippen molar-refractivity contribution in [3.8, 4) is 11.1 Å². The van der Waals surface area contributed by atoms with Gasteiger partial charge in [-0.05, 0) is 61.4 Å². The summed E-state index contributed by atoms with van der Waals surface area (Å²) in [6.07, 6.45) is 2.01. The van der Waals surface area contributed by atoms with Crippen molar-refractivity contribution in [3.05, 3.63) is 53.2 Å². The monoisotopic (exact) mass is 457 g/mol. The number of halogens is 2. The zero-order valence-electron chi connectivity index (χ0n) is 18.3. The van der Waals surface area contributed by atoms with E-state index in [9.17, 15) is 18.7 Å². The van der Waals surface area contributed by atoms with Gasteiger partial charge in [0.05, 0.1) is 22.7 Å². The fraction of sp³-hybridized carbons (Fsp3) is 0.417. The van der Waals surface area contributed by atoms with E-state index in [0.29, 0.717) is 40.1 Å². The van der Waals surface area contributed by atoms with Gasteiger partial charge in [-0.2, -0.15) is 13.9 Å². The minimum absolute atomic E-state index is 0.113. The van der Waals surface area contributed by atoms with E-state index in [1.807, 2.05) is 24.3 Å². The summed E-state index contributed by atoms with van der Waals surface area (Å²) in [4.78, 5) is 15.4. The Morgan fingerprint density at radius 1 is 1.22 bits per heavy atom. The van der Waals surface area contributed by atoms with Crippen LogP contribution in [0.1, 0.15) is 48.3 Å². The molecular formula is C24H26F2N3O2P. The number of hydrogen-bond acceptors (Lipinski definition) is 3. The second kappa shape index (κ2) is 7.06. The fourth-order valence-electron chi connectivity index (χ4n) is 5.15. The third-order valence-electron chi connectivity index (χ3n) is 6.57. The molecule has 3 aromatic rings. The van der Waals surface area contributed by atoms with Crippen molar-refractivity contribution in [3.63, 3.8) is 0 Å². The summed E-state index contributed by atoms with van der Waals surface area (Å²) in [5.74, 6) is 0.188. The highest BCUT2D eigenvalue weighted by Crippen LogP contribution is 2.45. The van der Waals surface area contributed by atoms with Crippen LogP contribution in [0.5, 0.6) is 0 Å².